The fraction of sp³-hybridized carbons (Fsp3) is 1.00. The summed E-state index contributed by atoms with van der Waals surface area (Å²) in [7, 11) is 0. The van der Waals surface area contributed by atoms with Crippen molar-refractivity contribution < 1.29 is 5.11 Å². The summed E-state index contributed by atoms with van der Waals surface area (Å²) in [5.41, 5.74) is 0. The van der Waals surface area contributed by atoms with E-state index in [1.807, 2.05) is 0 Å². The van der Waals surface area contributed by atoms with Crippen molar-refractivity contribution in [2.75, 3.05) is 13.2 Å². The van der Waals surface area contributed by atoms with Crippen LogP contribution in [0.1, 0.15) is 25.7 Å². The molecule has 0 spiro atoms. The van der Waals surface area contributed by atoms with E-state index in [-0.39, 0.29) is 0 Å². The van der Waals surface area contributed by atoms with Gasteiger partial charge in [0.15, 0.2) is 0 Å². The minimum atomic E-state index is 0.371. The molecule has 2 nitrogen and oxygen atoms in total. The predicted octanol–water partition coefficient (Wildman–Crippen LogP) is 0.757. The zero-order valence-corrected chi connectivity index (χ0v) is 6.92. The van der Waals surface area contributed by atoms with Gasteiger partial charge in [0.25, 0.3) is 0 Å². The lowest BCUT2D eigenvalue weighted by Gasteiger charge is -2.31. The zero-order valence-electron chi connectivity index (χ0n) is 6.92. The highest BCUT2D eigenvalue weighted by Crippen LogP contribution is 2.33. The topological polar surface area (TPSA) is 32.3 Å². The number of hydrogen-bond donors (Lipinski definition) is 2. The van der Waals surface area contributed by atoms with Crippen molar-refractivity contribution in [3.05, 3.63) is 0 Å². The largest absolute Gasteiger partial charge is 0.396 e. The Morgan fingerprint density at radius 3 is 3.09 bits per heavy atom. The van der Waals surface area contributed by atoms with E-state index in [0.717, 1.165) is 18.5 Å². The third-order valence-corrected chi connectivity index (χ3v) is 3.22. The van der Waals surface area contributed by atoms with E-state index in [1.54, 1.807) is 0 Å². The number of rotatable bonds is 1. The van der Waals surface area contributed by atoms with Crippen molar-refractivity contribution in [2.24, 2.45) is 11.8 Å². The van der Waals surface area contributed by atoms with Crippen LogP contribution in [-0.2, 0) is 0 Å². The van der Waals surface area contributed by atoms with Crippen molar-refractivity contribution >= 4 is 0 Å². The second-order valence-corrected chi connectivity index (χ2v) is 3.99. The van der Waals surface area contributed by atoms with Crippen LogP contribution in [0, 0.1) is 11.8 Å². The van der Waals surface area contributed by atoms with Crippen LogP contribution in [0.4, 0.5) is 0 Å². The van der Waals surface area contributed by atoms with Crippen molar-refractivity contribution in [2.45, 2.75) is 31.7 Å². The summed E-state index contributed by atoms with van der Waals surface area (Å²) in [4.78, 5) is 0. The molecule has 0 radical (unpaired) electrons. The number of hydrogen-bond acceptors (Lipinski definition) is 2. The van der Waals surface area contributed by atoms with Crippen LogP contribution in [-0.4, -0.2) is 24.3 Å². The molecule has 1 saturated carbocycles. The Kier molecular flexibility index (Phi) is 2.14. The molecule has 2 N–H and O–H groups in total. The van der Waals surface area contributed by atoms with Crippen LogP contribution < -0.4 is 5.32 Å². The van der Waals surface area contributed by atoms with E-state index >= 15 is 0 Å². The molecule has 0 bridgehead atoms. The summed E-state index contributed by atoms with van der Waals surface area (Å²) < 4.78 is 0. The number of aliphatic hydroxyl groups is 1. The molecule has 1 saturated heterocycles. The molecule has 2 fully saturated rings. The summed E-state index contributed by atoms with van der Waals surface area (Å²) in [5.74, 6) is 1.41. The molecule has 0 aromatic carbocycles. The van der Waals surface area contributed by atoms with Crippen LogP contribution in [0.15, 0.2) is 0 Å². The van der Waals surface area contributed by atoms with E-state index in [0.29, 0.717) is 12.5 Å². The van der Waals surface area contributed by atoms with Crippen molar-refractivity contribution in [1.29, 1.82) is 0 Å². The van der Waals surface area contributed by atoms with Gasteiger partial charge in [0.05, 0.1) is 0 Å². The summed E-state index contributed by atoms with van der Waals surface area (Å²) in [6, 6.07) is 0.790. The minimum absolute atomic E-state index is 0.371. The SMILES string of the molecule is OCC1CNC2CCCC2C1. The first-order valence-electron chi connectivity index (χ1n) is 4.74. The fourth-order valence-corrected chi connectivity index (χ4v) is 2.56. The molecule has 3 unspecified atom stereocenters. The normalized spacial score (nSPS) is 43.9. The molecule has 1 aliphatic carbocycles. The van der Waals surface area contributed by atoms with Gasteiger partial charge < -0.3 is 10.4 Å². The summed E-state index contributed by atoms with van der Waals surface area (Å²) in [5, 5.41) is 12.5. The van der Waals surface area contributed by atoms with E-state index in [9.17, 15) is 0 Å². The van der Waals surface area contributed by atoms with Crippen LogP contribution in [0.25, 0.3) is 0 Å². The highest BCUT2D eigenvalue weighted by atomic mass is 16.3. The quantitative estimate of drug-likeness (QED) is 0.586. The molecule has 1 aliphatic heterocycles. The van der Waals surface area contributed by atoms with Crippen LogP contribution in [0.3, 0.4) is 0 Å². The molecule has 0 amide bonds. The average molecular weight is 155 g/mol. The lowest BCUT2D eigenvalue weighted by atomic mass is 9.87. The lowest BCUT2D eigenvalue weighted by Crippen LogP contribution is -2.43. The Labute approximate surface area is 68.0 Å². The number of fused-ring (bicyclic) bond motifs is 1. The van der Waals surface area contributed by atoms with Gasteiger partial charge in [0.2, 0.25) is 0 Å². The monoisotopic (exact) mass is 155 g/mol. The second kappa shape index (κ2) is 3.11. The maximum atomic E-state index is 8.97. The fourth-order valence-electron chi connectivity index (χ4n) is 2.56. The zero-order chi connectivity index (χ0) is 7.68. The first-order chi connectivity index (χ1) is 5.40. The van der Waals surface area contributed by atoms with Gasteiger partial charge in [-0.2, -0.15) is 0 Å². The molecule has 1 heterocycles. The number of nitrogens with one attached hydrogen (secondary N) is 1. The molecule has 3 atom stereocenters. The summed E-state index contributed by atoms with van der Waals surface area (Å²) >= 11 is 0. The summed E-state index contributed by atoms with van der Waals surface area (Å²) in [6.45, 7) is 1.41. The van der Waals surface area contributed by atoms with E-state index in [2.05, 4.69) is 5.32 Å². The smallest absolute Gasteiger partial charge is 0.0471 e. The van der Waals surface area contributed by atoms with Crippen molar-refractivity contribution in [3.8, 4) is 0 Å². The Balaban J connectivity index is 1.91. The highest BCUT2D eigenvalue weighted by Gasteiger charge is 2.32. The van der Waals surface area contributed by atoms with Gasteiger partial charge in [0, 0.05) is 19.2 Å². The molecule has 0 aromatic heterocycles. The molecule has 2 rings (SSSR count). The van der Waals surface area contributed by atoms with Crippen molar-refractivity contribution in [3.63, 3.8) is 0 Å². The van der Waals surface area contributed by atoms with Crippen LogP contribution >= 0.6 is 0 Å². The molecule has 0 aromatic rings. The molecular weight excluding hydrogens is 138 g/mol. The third-order valence-electron chi connectivity index (χ3n) is 3.22. The van der Waals surface area contributed by atoms with E-state index in [4.69, 9.17) is 5.11 Å². The standard InChI is InChI=1S/C9H17NO/c11-6-7-4-8-2-1-3-9(8)10-5-7/h7-11H,1-6H2. The maximum Gasteiger partial charge on any atom is 0.0471 e. The van der Waals surface area contributed by atoms with E-state index < -0.39 is 0 Å². The van der Waals surface area contributed by atoms with Gasteiger partial charge in [-0.25, -0.2) is 0 Å². The molecule has 2 heteroatoms. The third kappa shape index (κ3) is 1.42. The molecular formula is C9H17NO. The van der Waals surface area contributed by atoms with Gasteiger partial charge in [-0.05, 0) is 31.1 Å². The molecule has 64 valence electrons. The first kappa shape index (κ1) is 7.56. The lowest BCUT2D eigenvalue weighted by molar-refractivity contribution is 0.156. The van der Waals surface area contributed by atoms with Crippen LogP contribution in [0.2, 0.25) is 0 Å². The maximum absolute atomic E-state index is 8.97. The molecule has 2 aliphatic rings. The Bertz CT molecular complexity index is 138. The average Bonchev–Trinajstić information content (AvgIpc) is 2.50. The first-order valence-corrected chi connectivity index (χ1v) is 4.74. The Morgan fingerprint density at radius 1 is 1.36 bits per heavy atom. The second-order valence-electron chi connectivity index (χ2n) is 3.99. The van der Waals surface area contributed by atoms with Gasteiger partial charge in [0.1, 0.15) is 0 Å². The Morgan fingerprint density at radius 2 is 2.27 bits per heavy atom. The van der Waals surface area contributed by atoms with E-state index in [1.165, 1.54) is 25.7 Å². The Hall–Kier alpha value is -0.0800. The van der Waals surface area contributed by atoms with Gasteiger partial charge >= 0.3 is 0 Å². The molecule has 11 heavy (non-hydrogen) atoms. The van der Waals surface area contributed by atoms with Gasteiger partial charge in [-0.15, -0.1) is 0 Å². The number of piperidine rings is 1. The van der Waals surface area contributed by atoms with Crippen molar-refractivity contribution in [1.82, 2.24) is 5.32 Å². The van der Waals surface area contributed by atoms with Gasteiger partial charge in [-0.3, -0.25) is 0 Å². The summed E-state index contributed by atoms with van der Waals surface area (Å²) in [6.07, 6.45) is 5.39. The van der Waals surface area contributed by atoms with Gasteiger partial charge in [-0.1, -0.05) is 6.42 Å². The number of aliphatic hydroxyl groups excluding tert-OH is 1. The highest BCUT2D eigenvalue weighted by molar-refractivity contribution is 4.89. The van der Waals surface area contributed by atoms with Crippen LogP contribution in [0.5, 0.6) is 0 Å². The minimum Gasteiger partial charge on any atom is -0.396 e. The predicted molar refractivity (Wildman–Crippen MR) is 44.3 cm³/mol.